The predicted octanol–water partition coefficient (Wildman–Crippen LogP) is 1.06. The van der Waals surface area contributed by atoms with E-state index in [-0.39, 0.29) is 0 Å². The molecular weight excluding hydrogens is 228 g/mol. The largest absolute Gasteiger partial charge is 0.497 e. The van der Waals surface area contributed by atoms with Crippen molar-refractivity contribution in [3.63, 3.8) is 0 Å². The van der Waals surface area contributed by atoms with Gasteiger partial charge in [-0.3, -0.25) is 0 Å². The van der Waals surface area contributed by atoms with Gasteiger partial charge in [-0.05, 0) is 18.1 Å². The first-order valence-corrected chi connectivity index (χ1v) is 6.29. The Bertz CT molecular complexity index is 513. The zero-order valence-electron chi connectivity index (χ0n) is 9.27. The molecule has 0 bridgehead atoms. The Morgan fingerprint density at radius 3 is 1.94 bits per heavy atom. The first kappa shape index (κ1) is 12.4. The molecule has 0 spiro atoms. The fourth-order valence-electron chi connectivity index (χ4n) is 1.03. The van der Waals surface area contributed by atoms with Gasteiger partial charge in [-0.15, -0.1) is 0 Å². The van der Waals surface area contributed by atoms with Gasteiger partial charge in [0.25, 0.3) is 0 Å². The van der Waals surface area contributed by atoms with E-state index in [1.165, 1.54) is 14.2 Å². The Morgan fingerprint density at radius 1 is 1.06 bits per heavy atom. The molecular formula is C11H12O4S. The van der Waals surface area contributed by atoms with Gasteiger partial charge in [0.2, 0.25) is 9.84 Å². The lowest BCUT2D eigenvalue weighted by Gasteiger charge is -2.04. The van der Waals surface area contributed by atoms with Crippen LogP contribution in [0.2, 0.25) is 0 Å². The van der Waals surface area contributed by atoms with Crippen molar-refractivity contribution in [2.24, 2.45) is 0 Å². The molecule has 86 valence electrons. The zero-order chi connectivity index (χ0) is 12.2. The third kappa shape index (κ3) is 3.83. The van der Waals surface area contributed by atoms with Crippen LogP contribution in [-0.2, 0) is 9.84 Å². The summed E-state index contributed by atoms with van der Waals surface area (Å²) in [5.74, 6) is 3.67. The van der Waals surface area contributed by atoms with Crippen molar-refractivity contribution in [3.05, 3.63) is 23.8 Å². The Labute approximate surface area is 95.1 Å². The van der Waals surface area contributed by atoms with Crippen molar-refractivity contribution in [1.82, 2.24) is 0 Å². The van der Waals surface area contributed by atoms with Crippen molar-refractivity contribution in [2.75, 3.05) is 20.5 Å². The lowest BCUT2D eigenvalue weighted by molar-refractivity contribution is 0.394. The molecule has 0 saturated carbocycles. The van der Waals surface area contributed by atoms with Gasteiger partial charge < -0.3 is 9.47 Å². The molecule has 0 radical (unpaired) electrons. The fourth-order valence-corrected chi connectivity index (χ4v) is 1.33. The van der Waals surface area contributed by atoms with Crippen molar-refractivity contribution < 1.29 is 17.9 Å². The van der Waals surface area contributed by atoms with Gasteiger partial charge >= 0.3 is 0 Å². The monoisotopic (exact) mass is 240 g/mol. The molecule has 1 rings (SSSR count). The average molecular weight is 240 g/mol. The second-order valence-corrected chi connectivity index (χ2v) is 4.85. The van der Waals surface area contributed by atoms with Gasteiger partial charge in [0.15, 0.2) is 0 Å². The van der Waals surface area contributed by atoms with E-state index in [9.17, 15) is 8.42 Å². The van der Waals surface area contributed by atoms with Crippen LogP contribution in [0, 0.1) is 11.2 Å². The molecule has 4 nitrogen and oxygen atoms in total. The van der Waals surface area contributed by atoms with Crippen molar-refractivity contribution in [1.29, 1.82) is 0 Å². The molecule has 0 aromatic heterocycles. The SMILES string of the molecule is COc1cc(C#CS(C)(=O)=O)cc(OC)c1. The van der Waals surface area contributed by atoms with Gasteiger partial charge in [-0.2, -0.15) is 0 Å². The highest BCUT2D eigenvalue weighted by Crippen LogP contribution is 2.21. The smallest absolute Gasteiger partial charge is 0.214 e. The summed E-state index contributed by atoms with van der Waals surface area (Å²) >= 11 is 0. The van der Waals surface area contributed by atoms with Crippen LogP contribution in [0.15, 0.2) is 18.2 Å². The third-order valence-electron chi connectivity index (χ3n) is 1.73. The summed E-state index contributed by atoms with van der Waals surface area (Å²) in [5.41, 5.74) is 0.529. The molecule has 5 heteroatoms. The molecule has 0 amide bonds. The van der Waals surface area contributed by atoms with Crippen LogP contribution >= 0.6 is 0 Å². The molecule has 0 saturated heterocycles. The normalized spacial score (nSPS) is 10.2. The summed E-state index contributed by atoms with van der Waals surface area (Å²) in [5, 5.41) is 2.15. The first-order valence-electron chi connectivity index (χ1n) is 4.40. The topological polar surface area (TPSA) is 52.6 Å². The van der Waals surface area contributed by atoms with Crippen LogP contribution in [0.25, 0.3) is 0 Å². The number of benzene rings is 1. The van der Waals surface area contributed by atoms with E-state index in [1.54, 1.807) is 18.2 Å². The van der Waals surface area contributed by atoms with Crippen molar-refractivity contribution in [2.45, 2.75) is 0 Å². The maximum absolute atomic E-state index is 10.9. The molecule has 1 aromatic carbocycles. The fraction of sp³-hybridized carbons (Fsp3) is 0.273. The Kier molecular flexibility index (Phi) is 3.80. The number of hydrogen-bond acceptors (Lipinski definition) is 4. The predicted molar refractivity (Wildman–Crippen MR) is 61.3 cm³/mol. The Balaban J connectivity index is 3.17. The third-order valence-corrected chi connectivity index (χ3v) is 2.21. The minimum absolute atomic E-state index is 0.529. The highest BCUT2D eigenvalue weighted by atomic mass is 32.2. The second kappa shape index (κ2) is 4.90. The number of rotatable bonds is 2. The van der Waals surface area contributed by atoms with Crippen molar-refractivity contribution >= 4 is 9.84 Å². The highest BCUT2D eigenvalue weighted by molar-refractivity contribution is 7.95. The molecule has 0 atom stereocenters. The molecule has 16 heavy (non-hydrogen) atoms. The summed E-state index contributed by atoms with van der Waals surface area (Å²) in [6.45, 7) is 0. The van der Waals surface area contributed by atoms with Crippen molar-refractivity contribution in [3.8, 4) is 22.7 Å². The quantitative estimate of drug-likeness (QED) is 0.725. The van der Waals surface area contributed by atoms with Gasteiger partial charge in [0.1, 0.15) is 11.5 Å². The molecule has 0 fully saturated rings. The van der Waals surface area contributed by atoms with Gasteiger partial charge in [0.05, 0.1) is 20.5 Å². The minimum Gasteiger partial charge on any atom is -0.497 e. The first-order chi connectivity index (χ1) is 7.44. The van der Waals surface area contributed by atoms with Crippen LogP contribution in [0.5, 0.6) is 11.5 Å². The van der Waals surface area contributed by atoms with Crippen LogP contribution in [0.3, 0.4) is 0 Å². The molecule has 0 unspecified atom stereocenters. The highest BCUT2D eigenvalue weighted by Gasteiger charge is 2.00. The minimum atomic E-state index is -3.30. The van der Waals surface area contributed by atoms with Crippen LogP contribution in [0.1, 0.15) is 5.56 Å². The Morgan fingerprint density at radius 2 is 1.56 bits per heavy atom. The second-order valence-electron chi connectivity index (χ2n) is 3.10. The van der Waals surface area contributed by atoms with E-state index < -0.39 is 9.84 Å². The number of sulfone groups is 1. The standard InChI is InChI=1S/C11H12O4S/c1-14-10-6-9(4-5-16(3,12)13)7-11(8-10)15-2/h6-8H,1-3H3. The van der Waals surface area contributed by atoms with E-state index in [2.05, 4.69) is 11.2 Å². The van der Waals surface area contributed by atoms with Gasteiger partial charge in [-0.25, -0.2) is 8.42 Å². The average Bonchev–Trinajstić information content (AvgIpc) is 2.25. The van der Waals surface area contributed by atoms with Gasteiger partial charge in [-0.1, -0.05) is 0 Å². The summed E-state index contributed by atoms with van der Waals surface area (Å²) < 4.78 is 31.8. The lowest BCUT2D eigenvalue weighted by Crippen LogP contribution is -1.91. The number of hydrogen-bond donors (Lipinski definition) is 0. The summed E-state index contributed by atoms with van der Waals surface area (Å²) in [4.78, 5) is 0. The van der Waals surface area contributed by atoms with E-state index in [0.29, 0.717) is 17.1 Å². The van der Waals surface area contributed by atoms with E-state index >= 15 is 0 Å². The molecule has 0 aliphatic carbocycles. The van der Waals surface area contributed by atoms with Crippen LogP contribution in [0.4, 0.5) is 0 Å². The molecule has 1 aromatic rings. The maximum atomic E-state index is 10.9. The molecule has 0 N–H and O–H groups in total. The molecule has 0 aliphatic rings. The van der Waals surface area contributed by atoms with E-state index in [1.807, 2.05) is 0 Å². The van der Waals surface area contributed by atoms with Gasteiger partial charge in [0, 0.05) is 16.9 Å². The van der Waals surface area contributed by atoms with Crippen LogP contribution < -0.4 is 9.47 Å². The van der Waals surface area contributed by atoms with E-state index in [0.717, 1.165) is 6.26 Å². The number of methoxy groups -OCH3 is 2. The van der Waals surface area contributed by atoms with E-state index in [4.69, 9.17) is 9.47 Å². The molecule has 0 aliphatic heterocycles. The summed E-state index contributed by atoms with van der Waals surface area (Å²) in [6.07, 6.45) is 1.05. The molecule has 0 heterocycles. The number of ether oxygens (including phenoxy) is 2. The zero-order valence-corrected chi connectivity index (χ0v) is 10.1. The maximum Gasteiger partial charge on any atom is 0.214 e. The van der Waals surface area contributed by atoms with Crippen LogP contribution in [-0.4, -0.2) is 28.9 Å². The summed E-state index contributed by atoms with van der Waals surface area (Å²) in [7, 11) is -0.271. The Hall–Kier alpha value is -1.67. The summed E-state index contributed by atoms with van der Waals surface area (Å²) in [6, 6.07) is 4.97. The lowest BCUT2D eigenvalue weighted by atomic mass is 10.2.